The lowest BCUT2D eigenvalue weighted by Crippen LogP contribution is -2.24. The van der Waals surface area contributed by atoms with Crippen molar-refractivity contribution in [3.8, 4) is 5.69 Å². The number of amides is 2. The largest absolute Gasteiger partial charge is 0.397 e. The second-order valence-corrected chi connectivity index (χ2v) is 7.56. The molecular weight excluding hydrogens is 442 g/mol. The van der Waals surface area contributed by atoms with Crippen LogP contribution in [-0.2, 0) is 6.54 Å². The zero-order valence-corrected chi connectivity index (χ0v) is 18.1. The van der Waals surface area contributed by atoms with Crippen LogP contribution < -0.4 is 22.1 Å². The maximum atomic E-state index is 12.5. The number of para-hydroxylation sites is 2. The van der Waals surface area contributed by atoms with Gasteiger partial charge in [-0.15, -0.1) is 15.0 Å². The van der Waals surface area contributed by atoms with Crippen LogP contribution >= 0.6 is 11.6 Å². The summed E-state index contributed by atoms with van der Waals surface area (Å²) in [6.07, 6.45) is 0. The first-order valence-corrected chi connectivity index (χ1v) is 10.3. The summed E-state index contributed by atoms with van der Waals surface area (Å²) in [6.45, 7) is 0.222. The highest BCUT2D eigenvalue weighted by Crippen LogP contribution is 2.18. The lowest BCUT2D eigenvalue weighted by atomic mass is 10.1. The predicted octanol–water partition coefficient (Wildman–Crippen LogP) is 3.27. The number of carbonyl (C=O) groups is 2. The van der Waals surface area contributed by atoms with Gasteiger partial charge in [0.25, 0.3) is 11.8 Å². The van der Waals surface area contributed by atoms with E-state index in [0.29, 0.717) is 27.6 Å². The SMILES string of the molecule is Nc1ccccc1NC(=O)c1ccc(CNC(=O)c2nn(-c3ccc(Cl)cc3)nc2N)cc1. The van der Waals surface area contributed by atoms with Crippen LogP contribution in [0.3, 0.4) is 0 Å². The quantitative estimate of drug-likeness (QED) is 0.325. The molecule has 4 aromatic rings. The third-order valence-electron chi connectivity index (χ3n) is 4.79. The van der Waals surface area contributed by atoms with Crippen molar-refractivity contribution in [1.82, 2.24) is 20.3 Å². The zero-order chi connectivity index (χ0) is 23.4. The standard InChI is InChI=1S/C23H20ClN7O2/c24-16-9-11-17(12-10-16)31-29-20(21(26)30-31)23(33)27-13-14-5-7-15(8-6-14)22(32)28-19-4-2-1-3-18(19)25/h1-12H,13,25H2,(H2,26,30)(H,27,33)(H,28,32). The number of nitrogens with two attached hydrogens (primary N) is 2. The van der Waals surface area contributed by atoms with Gasteiger partial charge in [-0.2, -0.15) is 0 Å². The molecule has 9 nitrogen and oxygen atoms in total. The third-order valence-corrected chi connectivity index (χ3v) is 5.04. The fourth-order valence-corrected chi connectivity index (χ4v) is 3.14. The summed E-state index contributed by atoms with van der Waals surface area (Å²) in [6, 6.07) is 20.7. The van der Waals surface area contributed by atoms with E-state index in [-0.39, 0.29) is 24.0 Å². The number of nitrogens with one attached hydrogen (secondary N) is 2. The molecule has 0 radical (unpaired) electrons. The zero-order valence-electron chi connectivity index (χ0n) is 17.3. The average molecular weight is 462 g/mol. The Bertz CT molecular complexity index is 1300. The summed E-state index contributed by atoms with van der Waals surface area (Å²) in [5, 5.41) is 14.3. The molecule has 33 heavy (non-hydrogen) atoms. The molecule has 2 amide bonds. The van der Waals surface area contributed by atoms with Crippen molar-refractivity contribution < 1.29 is 9.59 Å². The molecular formula is C23H20ClN7O2. The Morgan fingerprint density at radius 2 is 1.58 bits per heavy atom. The molecule has 0 aliphatic heterocycles. The first-order chi connectivity index (χ1) is 15.9. The van der Waals surface area contributed by atoms with Crippen molar-refractivity contribution in [2.24, 2.45) is 0 Å². The molecule has 0 saturated heterocycles. The lowest BCUT2D eigenvalue weighted by molar-refractivity contribution is 0.0945. The van der Waals surface area contributed by atoms with E-state index in [1.165, 1.54) is 4.80 Å². The summed E-state index contributed by atoms with van der Waals surface area (Å²) in [5.41, 5.74) is 14.6. The summed E-state index contributed by atoms with van der Waals surface area (Å²) < 4.78 is 0. The van der Waals surface area contributed by atoms with Gasteiger partial charge in [0.2, 0.25) is 0 Å². The Morgan fingerprint density at radius 1 is 0.879 bits per heavy atom. The fraction of sp³-hybridized carbons (Fsp3) is 0.0435. The molecule has 0 spiro atoms. The number of aromatic nitrogens is 3. The van der Waals surface area contributed by atoms with E-state index < -0.39 is 5.91 Å². The number of nitrogen functional groups attached to an aromatic ring is 2. The number of benzene rings is 3. The van der Waals surface area contributed by atoms with Gasteiger partial charge in [0.15, 0.2) is 11.5 Å². The maximum Gasteiger partial charge on any atom is 0.275 e. The van der Waals surface area contributed by atoms with Gasteiger partial charge in [-0.05, 0) is 54.1 Å². The number of anilines is 3. The molecule has 0 aliphatic carbocycles. The van der Waals surface area contributed by atoms with Gasteiger partial charge in [-0.3, -0.25) is 9.59 Å². The number of rotatable bonds is 6. The van der Waals surface area contributed by atoms with Crippen LogP contribution in [-0.4, -0.2) is 26.8 Å². The molecule has 166 valence electrons. The number of carbonyl (C=O) groups excluding carboxylic acids is 2. The molecule has 4 rings (SSSR count). The minimum atomic E-state index is -0.464. The van der Waals surface area contributed by atoms with Crippen LogP contribution in [0.25, 0.3) is 5.69 Å². The van der Waals surface area contributed by atoms with Crippen molar-refractivity contribution in [2.45, 2.75) is 6.54 Å². The molecule has 3 aromatic carbocycles. The van der Waals surface area contributed by atoms with Crippen molar-refractivity contribution in [2.75, 3.05) is 16.8 Å². The number of hydrogen-bond donors (Lipinski definition) is 4. The summed E-state index contributed by atoms with van der Waals surface area (Å²) in [7, 11) is 0. The second-order valence-electron chi connectivity index (χ2n) is 7.12. The van der Waals surface area contributed by atoms with Gasteiger partial charge in [-0.1, -0.05) is 35.9 Å². The van der Waals surface area contributed by atoms with Crippen molar-refractivity contribution in [1.29, 1.82) is 0 Å². The Balaban J connectivity index is 1.37. The van der Waals surface area contributed by atoms with Crippen LogP contribution in [0.2, 0.25) is 5.02 Å². The Morgan fingerprint density at radius 3 is 2.27 bits per heavy atom. The van der Waals surface area contributed by atoms with Gasteiger partial charge in [0.1, 0.15) is 0 Å². The van der Waals surface area contributed by atoms with Gasteiger partial charge < -0.3 is 22.1 Å². The molecule has 0 saturated carbocycles. The first-order valence-electron chi connectivity index (χ1n) is 9.92. The normalized spacial score (nSPS) is 10.6. The Labute approximate surface area is 194 Å². The molecule has 1 aromatic heterocycles. The lowest BCUT2D eigenvalue weighted by Gasteiger charge is -2.09. The van der Waals surface area contributed by atoms with E-state index in [1.807, 2.05) is 0 Å². The van der Waals surface area contributed by atoms with Gasteiger partial charge in [-0.25, -0.2) is 0 Å². The smallest absolute Gasteiger partial charge is 0.275 e. The maximum absolute atomic E-state index is 12.5. The van der Waals surface area contributed by atoms with Gasteiger partial charge in [0.05, 0.1) is 17.1 Å². The summed E-state index contributed by atoms with van der Waals surface area (Å²) in [5.74, 6) is -0.737. The fourth-order valence-electron chi connectivity index (χ4n) is 3.01. The highest BCUT2D eigenvalue weighted by molar-refractivity contribution is 6.30. The summed E-state index contributed by atoms with van der Waals surface area (Å²) >= 11 is 5.89. The molecule has 0 fully saturated rings. The van der Waals surface area contributed by atoms with E-state index in [1.54, 1.807) is 72.8 Å². The monoisotopic (exact) mass is 461 g/mol. The van der Waals surface area contributed by atoms with E-state index >= 15 is 0 Å². The Kier molecular flexibility index (Phi) is 6.23. The van der Waals surface area contributed by atoms with E-state index in [4.69, 9.17) is 23.1 Å². The third kappa shape index (κ3) is 5.10. The minimum absolute atomic E-state index is 0.00894. The molecule has 0 atom stereocenters. The van der Waals surface area contributed by atoms with E-state index in [9.17, 15) is 9.59 Å². The van der Waals surface area contributed by atoms with Crippen molar-refractivity contribution >= 4 is 40.6 Å². The van der Waals surface area contributed by atoms with Gasteiger partial charge in [0, 0.05) is 17.1 Å². The van der Waals surface area contributed by atoms with Crippen LogP contribution in [0, 0.1) is 0 Å². The van der Waals surface area contributed by atoms with Crippen LogP contribution in [0.1, 0.15) is 26.4 Å². The van der Waals surface area contributed by atoms with E-state index in [0.717, 1.165) is 5.56 Å². The summed E-state index contributed by atoms with van der Waals surface area (Å²) in [4.78, 5) is 26.2. The highest BCUT2D eigenvalue weighted by Gasteiger charge is 2.17. The predicted molar refractivity (Wildman–Crippen MR) is 127 cm³/mol. The molecule has 1 heterocycles. The second kappa shape index (κ2) is 9.41. The molecule has 0 aliphatic rings. The molecule has 6 N–H and O–H groups in total. The van der Waals surface area contributed by atoms with E-state index in [2.05, 4.69) is 20.8 Å². The first kappa shape index (κ1) is 21.8. The minimum Gasteiger partial charge on any atom is -0.397 e. The number of hydrogen-bond acceptors (Lipinski definition) is 6. The van der Waals surface area contributed by atoms with Gasteiger partial charge >= 0.3 is 0 Å². The van der Waals surface area contributed by atoms with Crippen LogP contribution in [0.15, 0.2) is 72.8 Å². The average Bonchev–Trinajstić information content (AvgIpc) is 3.21. The topological polar surface area (TPSA) is 141 Å². The highest BCUT2D eigenvalue weighted by atomic mass is 35.5. The van der Waals surface area contributed by atoms with Crippen molar-refractivity contribution in [3.05, 3.63) is 94.6 Å². The Hall–Kier alpha value is -4.37. The molecule has 0 unspecified atom stereocenters. The molecule has 0 bridgehead atoms. The number of halogens is 1. The van der Waals surface area contributed by atoms with Crippen LogP contribution in [0.4, 0.5) is 17.2 Å². The number of nitrogens with zero attached hydrogens (tertiary/aromatic N) is 3. The molecule has 10 heteroatoms. The van der Waals surface area contributed by atoms with Crippen molar-refractivity contribution in [3.63, 3.8) is 0 Å². The van der Waals surface area contributed by atoms with Crippen LogP contribution in [0.5, 0.6) is 0 Å².